The summed E-state index contributed by atoms with van der Waals surface area (Å²) in [7, 11) is 2.32. The lowest BCUT2D eigenvalue weighted by Gasteiger charge is -2.49. The Hall–Kier alpha value is -1.24. The molecule has 30 atom stereocenters. The molecule has 0 bridgehead atoms. The van der Waals surface area contributed by atoms with E-state index >= 15 is 0 Å². The molecule has 71 heavy (non-hydrogen) atoms. The molecule has 0 amide bonds. The standard InChI is InChI=1S/C38H66O31.2CH4/c1-57-28-10(4-40)61-35(24(53)17(28)46)66-29-11(5-41)62-36(25(54)19(29)48)67-30-12(6-42)63-37(26(55)20(30)49)68-31-13(7-43)64-38(27(56)21(31)50)69-32-14(65-33(58-2)23(52)18(32)47)8-59-34-22(51)16(45)15(44)9(3-39)60-34;;/h9-56H,3-8H2,1-2H3;2*1H4. The number of aliphatic hydroxyl groups excluding tert-OH is 18. The van der Waals surface area contributed by atoms with Crippen molar-refractivity contribution in [2.75, 3.05) is 53.9 Å². The number of methoxy groups -OCH3 is 2. The monoisotopic (exact) mass is 1050 g/mol. The van der Waals surface area contributed by atoms with Crippen LogP contribution < -0.4 is 0 Å². The van der Waals surface area contributed by atoms with Gasteiger partial charge in [0.25, 0.3) is 0 Å². The molecule has 6 heterocycles. The van der Waals surface area contributed by atoms with Crippen LogP contribution in [0.5, 0.6) is 0 Å². The van der Waals surface area contributed by atoms with E-state index in [0.717, 1.165) is 7.11 Å². The largest absolute Gasteiger partial charge is 0.394 e. The molecule has 0 spiro atoms. The Bertz CT molecular complexity index is 1540. The molecule has 30 unspecified atom stereocenters. The first-order chi connectivity index (χ1) is 32.8. The summed E-state index contributed by atoms with van der Waals surface area (Å²) in [6.07, 6.45) is -53.4. The average molecular weight is 1050 g/mol. The molecule has 31 nitrogen and oxygen atoms in total. The molecule has 0 aromatic heterocycles. The Labute approximate surface area is 406 Å². The topological polar surface area (TPSA) is 484 Å². The van der Waals surface area contributed by atoms with Gasteiger partial charge in [0.15, 0.2) is 37.7 Å². The Morgan fingerprint density at radius 2 is 0.549 bits per heavy atom. The van der Waals surface area contributed by atoms with Crippen LogP contribution in [-0.2, 0) is 61.6 Å². The summed E-state index contributed by atoms with van der Waals surface area (Å²) < 4.78 is 72.0. The second-order valence-corrected chi connectivity index (χ2v) is 17.2. The van der Waals surface area contributed by atoms with Crippen molar-refractivity contribution in [1.82, 2.24) is 0 Å². The van der Waals surface area contributed by atoms with E-state index < -0.39 is 224 Å². The third-order valence-electron chi connectivity index (χ3n) is 12.9. The SMILES string of the molecule is C.C.COC1OC(COC2OC(CO)C(O)C(O)C2O)C(OC2OC(CO)C(OC3OC(CO)C(OC4OC(CO)C(OC5OC(CO)C(OC)C(O)C5O)C(O)C4O)C(O)C3O)C(O)C2O)C(O)C1O. The number of ether oxygens (including phenoxy) is 13. The summed E-state index contributed by atoms with van der Waals surface area (Å²) in [5.41, 5.74) is 0. The lowest BCUT2D eigenvalue weighted by molar-refractivity contribution is -0.394. The molecule has 6 aliphatic heterocycles. The molecule has 0 aromatic carbocycles. The molecule has 420 valence electrons. The highest BCUT2D eigenvalue weighted by atomic mass is 16.8. The van der Waals surface area contributed by atoms with E-state index in [1.54, 1.807) is 0 Å². The highest BCUT2D eigenvalue weighted by Crippen LogP contribution is 2.36. The quantitative estimate of drug-likeness (QED) is 0.0606. The Kier molecular flexibility index (Phi) is 23.9. The molecule has 6 aliphatic rings. The van der Waals surface area contributed by atoms with E-state index in [4.69, 9.17) is 61.6 Å². The zero-order valence-corrected chi connectivity index (χ0v) is 36.9. The van der Waals surface area contributed by atoms with Crippen LogP contribution in [-0.4, -0.2) is 330 Å². The Balaban J connectivity index is 0.00000548. The summed E-state index contributed by atoms with van der Waals surface area (Å²) in [6, 6.07) is 0. The maximum absolute atomic E-state index is 11.3. The zero-order chi connectivity index (χ0) is 50.8. The van der Waals surface area contributed by atoms with E-state index in [0.29, 0.717) is 0 Å². The first-order valence-corrected chi connectivity index (χ1v) is 21.9. The molecule has 6 fully saturated rings. The van der Waals surface area contributed by atoms with Crippen molar-refractivity contribution in [3.8, 4) is 0 Å². The minimum Gasteiger partial charge on any atom is -0.394 e. The third kappa shape index (κ3) is 13.0. The van der Waals surface area contributed by atoms with E-state index in [2.05, 4.69) is 0 Å². The van der Waals surface area contributed by atoms with Crippen molar-refractivity contribution in [1.29, 1.82) is 0 Å². The fourth-order valence-corrected chi connectivity index (χ4v) is 8.87. The second kappa shape index (κ2) is 27.2. The highest BCUT2D eigenvalue weighted by molar-refractivity contribution is 4.99. The smallest absolute Gasteiger partial charge is 0.187 e. The van der Waals surface area contributed by atoms with Gasteiger partial charge < -0.3 is 153 Å². The van der Waals surface area contributed by atoms with Gasteiger partial charge in [-0.15, -0.1) is 0 Å². The number of hydrogen-bond acceptors (Lipinski definition) is 31. The number of aliphatic hydroxyl groups is 18. The molecular weight excluding hydrogens is 976 g/mol. The van der Waals surface area contributed by atoms with Gasteiger partial charge in [-0.2, -0.15) is 0 Å². The molecule has 31 heteroatoms. The fraction of sp³-hybridized carbons (Fsp3) is 1.00. The molecule has 6 rings (SSSR count). The molecule has 18 N–H and O–H groups in total. The highest BCUT2D eigenvalue weighted by Gasteiger charge is 2.57. The van der Waals surface area contributed by atoms with Crippen LogP contribution in [0.2, 0.25) is 0 Å². The van der Waals surface area contributed by atoms with Crippen molar-refractivity contribution < 1.29 is 153 Å². The van der Waals surface area contributed by atoms with Gasteiger partial charge in [-0.1, -0.05) is 14.9 Å². The molecular formula is C40H74O31. The van der Waals surface area contributed by atoms with Gasteiger partial charge in [0, 0.05) is 14.2 Å². The van der Waals surface area contributed by atoms with Gasteiger partial charge in [-0.05, 0) is 0 Å². The minimum absolute atomic E-state index is 0. The van der Waals surface area contributed by atoms with Crippen LogP contribution in [0.1, 0.15) is 14.9 Å². The summed E-state index contributed by atoms with van der Waals surface area (Å²) in [4.78, 5) is 0. The van der Waals surface area contributed by atoms with Gasteiger partial charge in [0.2, 0.25) is 0 Å². The number of rotatable bonds is 18. The van der Waals surface area contributed by atoms with Gasteiger partial charge in [-0.3, -0.25) is 0 Å². The summed E-state index contributed by atoms with van der Waals surface area (Å²) in [6.45, 7) is -5.11. The maximum Gasteiger partial charge on any atom is 0.187 e. The van der Waals surface area contributed by atoms with Crippen LogP contribution in [0, 0.1) is 0 Å². The molecule has 0 aromatic rings. The zero-order valence-electron chi connectivity index (χ0n) is 36.9. The lowest BCUT2D eigenvalue weighted by Crippen LogP contribution is -2.68. The lowest BCUT2D eigenvalue weighted by atomic mass is 9.95. The fourth-order valence-electron chi connectivity index (χ4n) is 8.87. The van der Waals surface area contributed by atoms with Crippen LogP contribution in [0.4, 0.5) is 0 Å². The molecule has 0 radical (unpaired) electrons. The van der Waals surface area contributed by atoms with Gasteiger partial charge in [-0.25, -0.2) is 0 Å². The summed E-state index contributed by atoms with van der Waals surface area (Å²) >= 11 is 0. The van der Waals surface area contributed by atoms with Crippen LogP contribution in [0.15, 0.2) is 0 Å². The minimum atomic E-state index is -2.16. The van der Waals surface area contributed by atoms with Crippen LogP contribution >= 0.6 is 0 Å². The first kappa shape index (κ1) is 62.3. The van der Waals surface area contributed by atoms with Crippen molar-refractivity contribution >= 4 is 0 Å². The molecule has 0 aliphatic carbocycles. The summed E-state index contributed by atoms with van der Waals surface area (Å²) in [5.74, 6) is 0. The number of hydrogen-bond donors (Lipinski definition) is 18. The maximum atomic E-state index is 11.3. The van der Waals surface area contributed by atoms with Crippen LogP contribution in [0.3, 0.4) is 0 Å². The Morgan fingerprint density at radius 3 is 0.873 bits per heavy atom. The van der Waals surface area contributed by atoms with Gasteiger partial charge >= 0.3 is 0 Å². The van der Waals surface area contributed by atoms with E-state index in [9.17, 15) is 91.9 Å². The summed E-state index contributed by atoms with van der Waals surface area (Å²) in [5, 5.41) is 191. The van der Waals surface area contributed by atoms with E-state index in [-0.39, 0.29) is 14.9 Å². The van der Waals surface area contributed by atoms with Crippen molar-refractivity contribution in [2.24, 2.45) is 0 Å². The molecule has 6 saturated heterocycles. The molecule has 0 saturated carbocycles. The van der Waals surface area contributed by atoms with E-state index in [1.165, 1.54) is 7.11 Å². The van der Waals surface area contributed by atoms with Crippen molar-refractivity contribution in [3.05, 3.63) is 0 Å². The first-order valence-electron chi connectivity index (χ1n) is 21.9. The third-order valence-corrected chi connectivity index (χ3v) is 12.9. The van der Waals surface area contributed by atoms with Crippen molar-refractivity contribution in [3.63, 3.8) is 0 Å². The van der Waals surface area contributed by atoms with E-state index in [1.807, 2.05) is 0 Å². The predicted octanol–water partition coefficient (Wildman–Crippen LogP) is -11.5. The normalized spacial score (nSPS) is 50.7. The van der Waals surface area contributed by atoms with Crippen LogP contribution in [0.25, 0.3) is 0 Å². The van der Waals surface area contributed by atoms with Gasteiger partial charge in [0.05, 0.1) is 39.6 Å². The predicted molar refractivity (Wildman–Crippen MR) is 222 cm³/mol. The van der Waals surface area contributed by atoms with Crippen molar-refractivity contribution in [2.45, 2.75) is 199 Å². The second-order valence-electron chi connectivity index (χ2n) is 17.2. The van der Waals surface area contributed by atoms with Gasteiger partial charge in [0.1, 0.15) is 146 Å². The Morgan fingerprint density at radius 1 is 0.282 bits per heavy atom. The average Bonchev–Trinajstić information content (AvgIpc) is 3.34.